The molecule has 2 amide bonds. The van der Waals surface area contributed by atoms with Crippen molar-refractivity contribution in [2.45, 2.75) is 89.9 Å². The van der Waals surface area contributed by atoms with Gasteiger partial charge in [-0.25, -0.2) is 0 Å². The molecule has 1 heterocycles. The molecule has 7 heteroatoms. The minimum absolute atomic E-state index is 0.0311. The molecule has 0 bridgehead atoms. The van der Waals surface area contributed by atoms with E-state index in [4.69, 9.17) is 0 Å². The van der Waals surface area contributed by atoms with E-state index in [0.29, 0.717) is 36.8 Å². The van der Waals surface area contributed by atoms with E-state index in [1.807, 2.05) is 35.2 Å². The lowest BCUT2D eigenvalue weighted by Crippen LogP contribution is -2.62. The Bertz CT molecular complexity index is 1070. The smallest absolute Gasteiger partial charge is 0.242 e. The van der Waals surface area contributed by atoms with Gasteiger partial charge in [0.1, 0.15) is 0 Å². The maximum Gasteiger partial charge on any atom is 0.242 e. The van der Waals surface area contributed by atoms with Gasteiger partial charge in [-0.2, -0.15) is 0 Å². The maximum atomic E-state index is 12.9. The van der Waals surface area contributed by atoms with Gasteiger partial charge in [0.25, 0.3) is 0 Å². The van der Waals surface area contributed by atoms with Crippen molar-refractivity contribution in [3.63, 3.8) is 0 Å². The zero-order chi connectivity index (χ0) is 28.1. The van der Waals surface area contributed by atoms with E-state index >= 15 is 0 Å². The number of amides is 2. The molecule has 1 aromatic rings. The van der Waals surface area contributed by atoms with Crippen LogP contribution in [-0.2, 0) is 16.0 Å². The summed E-state index contributed by atoms with van der Waals surface area (Å²) in [6.45, 7) is 7.74. The molecule has 220 valence electrons. The summed E-state index contributed by atoms with van der Waals surface area (Å²) in [5.74, 6) is 2.46. The first-order chi connectivity index (χ1) is 19.2. The van der Waals surface area contributed by atoms with Crippen molar-refractivity contribution in [2.75, 3.05) is 32.7 Å². The van der Waals surface area contributed by atoms with E-state index in [0.717, 1.165) is 44.3 Å². The molecule has 0 unspecified atom stereocenters. The van der Waals surface area contributed by atoms with E-state index < -0.39 is 0 Å². The van der Waals surface area contributed by atoms with Crippen molar-refractivity contribution >= 4 is 11.8 Å². The molecule has 4 saturated carbocycles. The van der Waals surface area contributed by atoms with E-state index in [1.165, 1.54) is 25.7 Å². The fourth-order valence-electron chi connectivity index (χ4n) is 10.1. The lowest BCUT2D eigenvalue weighted by atomic mass is 9.44. The second-order valence-electron chi connectivity index (χ2n) is 14.2. The number of carbonyl (C=O) groups excluding carboxylic acids is 2. The van der Waals surface area contributed by atoms with Crippen molar-refractivity contribution in [3.05, 3.63) is 35.9 Å². The summed E-state index contributed by atoms with van der Waals surface area (Å²) in [4.78, 5) is 29.5. The summed E-state index contributed by atoms with van der Waals surface area (Å²) in [5, 5.41) is 24.9. The third kappa shape index (κ3) is 5.00. The molecule has 6 rings (SSSR count). The Labute approximate surface area is 239 Å². The number of fused-ring (bicyclic) bond motifs is 5. The van der Waals surface area contributed by atoms with E-state index in [-0.39, 0.29) is 53.9 Å². The van der Waals surface area contributed by atoms with Crippen LogP contribution < -0.4 is 5.32 Å². The van der Waals surface area contributed by atoms with Gasteiger partial charge < -0.3 is 20.4 Å². The predicted molar refractivity (Wildman–Crippen MR) is 154 cm³/mol. The molecule has 40 heavy (non-hydrogen) atoms. The van der Waals surface area contributed by atoms with Crippen molar-refractivity contribution < 1.29 is 19.8 Å². The van der Waals surface area contributed by atoms with Gasteiger partial charge in [-0.15, -0.1) is 0 Å². The molecule has 3 N–H and O–H groups in total. The number of carbonyl (C=O) groups is 2. The van der Waals surface area contributed by atoms with Gasteiger partial charge in [0, 0.05) is 32.2 Å². The van der Waals surface area contributed by atoms with Crippen LogP contribution in [0, 0.1) is 34.5 Å². The van der Waals surface area contributed by atoms with Crippen LogP contribution in [0.3, 0.4) is 0 Å². The molecular weight excluding hydrogens is 502 g/mol. The summed E-state index contributed by atoms with van der Waals surface area (Å²) in [6, 6.07) is 9.73. The minimum atomic E-state index is -0.309. The molecular formula is C33H49N3O4. The third-order valence-corrected chi connectivity index (χ3v) is 12.4. The summed E-state index contributed by atoms with van der Waals surface area (Å²) in [7, 11) is 0. The highest BCUT2D eigenvalue weighted by Gasteiger charge is 2.61. The Morgan fingerprint density at radius 2 is 1.65 bits per heavy atom. The highest BCUT2D eigenvalue weighted by atomic mass is 16.3. The van der Waals surface area contributed by atoms with Gasteiger partial charge >= 0.3 is 0 Å². The molecule has 9 atom stereocenters. The molecule has 1 aliphatic heterocycles. The number of piperazine rings is 1. The fourth-order valence-corrected chi connectivity index (χ4v) is 10.1. The van der Waals surface area contributed by atoms with Gasteiger partial charge in [-0.3, -0.25) is 14.5 Å². The molecule has 7 nitrogen and oxygen atoms in total. The monoisotopic (exact) mass is 551 g/mol. The lowest BCUT2D eigenvalue weighted by molar-refractivity contribution is -0.156. The van der Waals surface area contributed by atoms with E-state index in [2.05, 4.69) is 24.1 Å². The van der Waals surface area contributed by atoms with Gasteiger partial charge in [0.15, 0.2) is 0 Å². The predicted octanol–water partition coefficient (Wildman–Crippen LogP) is 3.23. The highest BCUT2D eigenvalue weighted by molar-refractivity contribution is 5.85. The third-order valence-electron chi connectivity index (χ3n) is 12.4. The number of aliphatic hydroxyl groups is 2. The number of benzene rings is 1. The van der Waals surface area contributed by atoms with Crippen LogP contribution in [0.2, 0.25) is 0 Å². The maximum absolute atomic E-state index is 12.9. The van der Waals surface area contributed by atoms with Crippen molar-refractivity contribution in [1.82, 2.24) is 15.1 Å². The molecule has 0 radical (unpaired) electrons. The van der Waals surface area contributed by atoms with Crippen molar-refractivity contribution in [3.8, 4) is 0 Å². The zero-order valence-corrected chi connectivity index (χ0v) is 24.4. The largest absolute Gasteiger partial charge is 0.393 e. The van der Waals surface area contributed by atoms with Crippen LogP contribution in [0.4, 0.5) is 0 Å². The summed E-state index contributed by atoms with van der Waals surface area (Å²) in [5.41, 5.74) is 1.27. The second kappa shape index (κ2) is 11.0. The number of hydrogen-bond acceptors (Lipinski definition) is 5. The Morgan fingerprint density at radius 1 is 0.925 bits per heavy atom. The molecule has 5 aliphatic rings. The lowest BCUT2D eigenvalue weighted by Gasteiger charge is -2.62. The Balaban J connectivity index is 1.04. The van der Waals surface area contributed by atoms with Crippen LogP contribution in [0.1, 0.15) is 70.8 Å². The van der Waals surface area contributed by atoms with Crippen LogP contribution in [-0.4, -0.2) is 82.8 Å². The number of aliphatic hydroxyl groups excluding tert-OH is 2. The summed E-state index contributed by atoms with van der Waals surface area (Å²) in [6.07, 6.45) is 8.72. The minimum Gasteiger partial charge on any atom is -0.393 e. The first kappa shape index (κ1) is 28.2. The quantitative estimate of drug-likeness (QED) is 0.523. The summed E-state index contributed by atoms with van der Waals surface area (Å²) < 4.78 is 0. The van der Waals surface area contributed by atoms with E-state index in [9.17, 15) is 19.8 Å². The Morgan fingerprint density at radius 3 is 2.40 bits per heavy atom. The standard InChI is InChI=1S/C33H49N3O4/c1-32-13-12-26-24(25(32)10-11-29(32)38)9-8-23-19-28(37)27(20-33(23,26)2)35-14-16-36(17-15-35)31(40)21-34-30(39)18-22-6-4-3-5-7-22/h3-7,23-29,37-38H,8-21H2,1-2H3,(H,34,39)/t23-,24-,25-,26-,27-,28-,29-,32-,33-/m0/s1. The van der Waals surface area contributed by atoms with Crippen LogP contribution in [0.15, 0.2) is 30.3 Å². The molecule has 0 spiro atoms. The number of nitrogens with zero attached hydrogens (tertiary/aromatic N) is 2. The molecule has 0 aromatic heterocycles. The number of rotatable bonds is 5. The van der Waals surface area contributed by atoms with Crippen LogP contribution >= 0.6 is 0 Å². The number of nitrogens with one attached hydrogen (secondary N) is 1. The average Bonchev–Trinajstić information content (AvgIpc) is 3.26. The first-order valence-electron chi connectivity index (χ1n) is 15.9. The molecule has 5 fully saturated rings. The summed E-state index contributed by atoms with van der Waals surface area (Å²) >= 11 is 0. The Kier molecular flexibility index (Phi) is 7.77. The van der Waals surface area contributed by atoms with Gasteiger partial charge in [0.05, 0.1) is 25.2 Å². The zero-order valence-electron chi connectivity index (χ0n) is 24.4. The Hall–Kier alpha value is -1.96. The SMILES string of the molecule is C[C@]12C[C@H](N3CCN(C(=O)CNC(=O)Cc4ccccc4)CC3)[C@@H](O)C[C@@H]1CC[C@@H]1[C@@H]2CC[C@]2(C)[C@@H](O)CC[C@@H]12. The van der Waals surface area contributed by atoms with Crippen molar-refractivity contribution in [2.24, 2.45) is 34.5 Å². The molecule has 1 aromatic carbocycles. The van der Waals surface area contributed by atoms with Gasteiger partial charge in [-0.1, -0.05) is 44.2 Å². The average molecular weight is 552 g/mol. The van der Waals surface area contributed by atoms with E-state index in [1.54, 1.807) is 0 Å². The topological polar surface area (TPSA) is 93.1 Å². The van der Waals surface area contributed by atoms with Crippen LogP contribution in [0.5, 0.6) is 0 Å². The highest BCUT2D eigenvalue weighted by Crippen LogP contribution is 2.66. The normalized spacial score (nSPS) is 41.5. The molecule has 1 saturated heterocycles. The number of hydrogen-bond donors (Lipinski definition) is 3. The first-order valence-corrected chi connectivity index (χ1v) is 15.9. The van der Waals surface area contributed by atoms with Gasteiger partial charge in [0.2, 0.25) is 11.8 Å². The fraction of sp³-hybridized carbons (Fsp3) is 0.758. The molecule has 4 aliphatic carbocycles. The van der Waals surface area contributed by atoms with Crippen LogP contribution in [0.25, 0.3) is 0 Å². The van der Waals surface area contributed by atoms with Crippen molar-refractivity contribution in [1.29, 1.82) is 0 Å². The second-order valence-corrected chi connectivity index (χ2v) is 14.2. The van der Waals surface area contributed by atoms with Gasteiger partial charge in [-0.05, 0) is 91.4 Å².